The van der Waals surface area contributed by atoms with Gasteiger partial charge in [-0.1, -0.05) is 27.7 Å². The summed E-state index contributed by atoms with van der Waals surface area (Å²) in [6.45, 7) is 13.5. The molecule has 3 heteroatoms. The third-order valence-electron chi connectivity index (χ3n) is 8.06. The van der Waals surface area contributed by atoms with Gasteiger partial charge < -0.3 is 14.6 Å². The Kier molecular flexibility index (Phi) is 2.54. The van der Waals surface area contributed by atoms with Crippen molar-refractivity contribution in [3.05, 3.63) is 0 Å². The molecule has 1 N–H and O–H groups in total. The molecule has 5 aliphatic rings. The van der Waals surface area contributed by atoms with Crippen molar-refractivity contribution in [2.45, 2.75) is 84.9 Å². The van der Waals surface area contributed by atoms with Crippen molar-refractivity contribution in [1.82, 2.24) is 0 Å². The maximum absolute atomic E-state index is 10.8. The molecule has 4 aliphatic carbocycles. The first kappa shape index (κ1) is 14.5. The minimum absolute atomic E-state index is 0.0837. The van der Waals surface area contributed by atoms with Crippen LogP contribution in [-0.4, -0.2) is 29.2 Å². The maximum Gasteiger partial charge on any atom is 0.163 e. The highest BCUT2D eigenvalue weighted by atomic mass is 16.8. The van der Waals surface area contributed by atoms with E-state index in [2.05, 4.69) is 27.7 Å². The van der Waals surface area contributed by atoms with Gasteiger partial charge in [-0.15, -0.1) is 0 Å². The Morgan fingerprint density at radius 3 is 2.24 bits per heavy atom. The third kappa shape index (κ3) is 1.38. The largest absolute Gasteiger partial charge is 0.393 e. The van der Waals surface area contributed by atoms with Gasteiger partial charge in [0, 0.05) is 10.8 Å². The Morgan fingerprint density at radius 1 is 0.952 bits per heavy atom. The SMILES string of the molecule is C[C@H]1CC(O)C2C(C)(C)[C@]3(C)CC[C@@]21[C@H]1OC(C)(C)O[C@H]13. The van der Waals surface area contributed by atoms with Gasteiger partial charge in [0.15, 0.2) is 5.79 Å². The van der Waals surface area contributed by atoms with E-state index >= 15 is 0 Å². The highest BCUT2D eigenvalue weighted by molar-refractivity contribution is 5.25. The van der Waals surface area contributed by atoms with Crippen LogP contribution in [0.25, 0.3) is 0 Å². The van der Waals surface area contributed by atoms with E-state index in [1.165, 1.54) is 12.8 Å². The molecule has 5 rings (SSSR count). The summed E-state index contributed by atoms with van der Waals surface area (Å²) in [5, 5.41) is 10.8. The third-order valence-corrected chi connectivity index (χ3v) is 8.06. The van der Waals surface area contributed by atoms with Crippen LogP contribution in [0.5, 0.6) is 0 Å². The first-order chi connectivity index (χ1) is 9.56. The van der Waals surface area contributed by atoms with Gasteiger partial charge in [0.2, 0.25) is 0 Å². The molecule has 2 bridgehead atoms. The van der Waals surface area contributed by atoms with Crippen molar-refractivity contribution in [3.63, 3.8) is 0 Å². The molecule has 1 aliphatic heterocycles. The second-order valence-electron chi connectivity index (χ2n) is 9.41. The molecule has 0 aromatic carbocycles. The van der Waals surface area contributed by atoms with Gasteiger partial charge in [-0.05, 0) is 50.4 Å². The average Bonchev–Trinajstić information content (AvgIpc) is 2.80. The number of hydrogen-bond donors (Lipinski definition) is 1. The zero-order chi connectivity index (χ0) is 15.4. The van der Waals surface area contributed by atoms with Crippen molar-refractivity contribution in [3.8, 4) is 0 Å². The predicted molar refractivity (Wildman–Crippen MR) is 80.7 cm³/mol. The van der Waals surface area contributed by atoms with E-state index in [1.807, 2.05) is 13.8 Å². The van der Waals surface area contributed by atoms with E-state index in [0.29, 0.717) is 11.8 Å². The summed E-state index contributed by atoms with van der Waals surface area (Å²) < 4.78 is 12.8. The van der Waals surface area contributed by atoms with Crippen LogP contribution in [0.3, 0.4) is 0 Å². The smallest absolute Gasteiger partial charge is 0.163 e. The highest BCUT2D eigenvalue weighted by Crippen LogP contribution is 2.76. The summed E-state index contributed by atoms with van der Waals surface area (Å²) >= 11 is 0. The lowest BCUT2D eigenvalue weighted by Gasteiger charge is -2.69. The lowest BCUT2D eigenvalue weighted by Crippen LogP contribution is -2.71. The van der Waals surface area contributed by atoms with Crippen molar-refractivity contribution in [2.75, 3.05) is 0 Å². The Balaban J connectivity index is 1.92. The number of rotatable bonds is 0. The van der Waals surface area contributed by atoms with E-state index in [9.17, 15) is 5.11 Å². The molecule has 0 aromatic rings. The summed E-state index contributed by atoms with van der Waals surface area (Å²) in [6.07, 6.45) is 3.40. The number of ether oxygens (including phenoxy) is 2. The first-order valence-corrected chi connectivity index (χ1v) is 8.60. The maximum atomic E-state index is 10.8. The molecule has 0 aromatic heterocycles. The van der Waals surface area contributed by atoms with Crippen molar-refractivity contribution < 1.29 is 14.6 Å². The topological polar surface area (TPSA) is 38.7 Å². The van der Waals surface area contributed by atoms with Gasteiger partial charge in [-0.25, -0.2) is 0 Å². The Labute approximate surface area is 128 Å². The Hall–Kier alpha value is -0.120. The number of aliphatic hydroxyl groups excluding tert-OH is 1. The lowest BCUT2D eigenvalue weighted by atomic mass is 9.37. The molecule has 1 heterocycles. The second kappa shape index (κ2) is 3.68. The number of fused-ring (bicyclic) bond motifs is 1. The molecule has 0 amide bonds. The molecule has 1 saturated heterocycles. The molecule has 5 fully saturated rings. The van der Waals surface area contributed by atoms with Crippen LogP contribution < -0.4 is 0 Å². The van der Waals surface area contributed by atoms with E-state index in [1.54, 1.807) is 0 Å². The predicted octanol–water partition coefficient (Wildman–Crippen LogP) is 3.35. The van der Waals surface area contributed by atoms with Crippen LogP contribution in [-0.2, 0) is 9.47 Å². The summed E-state index contributed by atoms with van der Waals surface area (Å²) in [5.74, 6) is 0.343. The van der Waals surface area contributed by atoms with Crippen LogP contribution in [0, 0.1) is 28.1 Å². The molecule has 2 unspecified atom stereocenters. The monoisotopic (exact) mass is 294 g/mol. The van der Waals surface area contributed by atoms with E-state index < -0.39 is 5.79 Å². The fourth-order valence-electron chi connectivity index (χ4n) is 6.82. The van der Waals surface area contributed by atoms with Gasteiger partial charge in [-0.2, -0.15) is 0 Å². The highest BCUT2D eigenvalue weighted by Gasteiger charge is 2.78. The minimum atomic E-state index is -0.494. The van der Waals surface area contributed by atoms with Gasteiger partial charge in [0.05, 0.1) is 18.3 Å². The van der Waals surface area contributed by atoms with Crippen molar-refractivity contribution in [2.24, 2.45) is 28.1 Å². The second-order valence-corrected chi connectivity index (χ2v) is 9.41. The molecule has 120 valence electrons. The van der Waals surface area contributed by atoms with Crippen LogP contribution in [0.15, 0.2) is 0 Å². The van der Waals surface area contributed by atoms with E-state index in [4.69, 9.17) is 9.47 Å². The average molecular weight is 294 g/mol. The normalized spacial score (nSPS) is 59.9. The number of hydrogen-bond acceptors (Lipinski definition) is 3. The van der Waals surface area contributed by atoms with Crippen LogP contribution in [0.1, 0.15) is 60.8 Å². The summed E-state index contributed by atoms with van der Waals surface area (Å²) in [5.41, 5.74) is 0.266. The van der Waals surface area contributed by atoms with Gasteiger partial charge >= 0.3 is 0 Å². The molecule has 21 heavy (non-hydrogen) atoms. The molecule has 0 radical (unpaired) electrons. The molecule has 4 saturated carbocycles. The van der Waals surface area contributed by atoms with E-state index in [-0.39, 0.29) is 34.6 Å². The van der Waals surface area contributed by atoms with E-state index in [0.717, 1.165) is 6.42 Å². The van der Waals surface area contributed by atoms with Gasteiger partial charge in [0.25, 0.3) is 0 Å². The summed E-state index contributed by atoms with van der Waals surface area (Å²) in [6, 6.07) is 0. The number of aliphatic hydroxyl groups is 1. The zero-order valence-electron chi connectivity index (χ0n) is 14.3. The molecule has 1 spiro atoms. The standard InChI is InChI=1S/C18H30O3/c1-10-9-11(19)12-15(2,3)17(6)7-8-18(10,12)14-13(17)20-16(4,5)21-14/h10-14,19H,7-9H2,1-6H3/t10-,11?,12?,13+,14-,17+,18-/m0/s1. The molecule has 7 atom stereocenters. The zero-order valence-corrected chi connectivity index (χ0v) is 14.3. The van der Waals surface area contributed by atoms with Crippen LogP contribution in [0.2, 0.25) is 0 Å². The fourth-order valence-corrected chi connectivity index (χ4v) is 6.82. The quantitative estimate of drug-likeness (QED) is 0.744. The van der Waals surface area contributed by atoms with Gasteiger partial charge in [-0.3, -0.25) is 0 Å². The van der Waals surface area contributed by atoms with Crippen molar-refractivity contribution in [1.29, 1.82) is 0 Å². The molecular weight excluding hydrogens is 264 g/mol. The van der Waals surface area contributed by atoms with Crippen LogP contribution in [0.4, 0.5) is 0 Å². The fraction of sp³-hybridized carbons (Fsp3) is 1.00. The Bertz CT molecular complexity index is 485. The lowest BCUT2D eigenvalue weighted by molar-refractivity contribution is -0.257. The first-order valence-electron chi connectivity index (χ1n) is 8.60. The Morgan fingerprint density at radius 2 is 1.57 bits per heavy atom. The van der Waals surface area contributed by atoms with Gasteiger partial charge in [0.1, 0.15) is 0 Å². The molecule has 3 nitrogen and oxygen atoms in total. The molecular formula is C18H30O3. The summed E-state index contributed by atoms with van der Waals surface area (Å²) in [4.78, 5) is 0. The van der Waals surface area contributed by atoms with Crippen LogP contribution >= 0.6 is 0 Å². The van der Waals surface area contributed by atoms with Crippen molar-refractivity contribution >= 4 is 0 Å². The minimum Gasteiger partial charge on any atom is -0.393 e. The summed E-state index contributed by atoms with van der Waals surface area (Å²) in [7, 11) is 0.